The first-order chi connectivity index (χ1) is 38.5. The molecule has 0 aromatic heterocycles. The van der Waals surface area contributed by atoms with Gasteiger partial charge in [-0.2, -0.15) is 0 Å². The van der Waals surface area contributed by atoms with Gasteiger partial charge < -0.3 is 14.2 Å². The molecule has 1 unspecified atom stereocenters. The molecule has 0 rings (SSSR count). The van der Waals surface area contributed by atoms with Gasteiger partial charge in [-0.15, -0.1) is 0 Å². The lowest BCUT2D eigenvalue weighted by Gasteiger charge is -2.18. The van der Waals surface area contributed by atoms with E-state index in [1.54, 1.807) is 0 Å². The van der Waals surface area contributed by atoms with Gasteiger partial charge in [0.15, 0.2) is 6.10 Å². The first kappa shape index (κ1) is 73.5. The van der Waals surface area contributed by atoms with E-state index >= 15 is 0 Å². The van der Waals surface area contributed by atoms with Gasteiger partial charge in [0.25, 0.3) is 0 Å². The smallest absolute Gasteiger partial charge is 0.306 e. The monoisotopic (exact) mass is 1080 g/mol. The molecule has 0 radical (unpaired) electrons. The average molecular weight is 1080 g/mol. The van der Waals surface area contributed by atoms with Gasteiger partial charge in [0, 0.05) is 19.3 Å². The first-order valence-electron chi connectivity index (χ1n) is 32.2. The van der Waals surface area contributed by atoms with Crippen molar-refractivity contribution in [1.82, 2.24) is 0 Å². The van der Waals surface area contributed by atoms with Gasteiger partial charge in [-0.1, -0.05) is 276 Å². The Morgan fingerprint density at radius 3 is 0.795 bits per heavy atom. The molecule has 1 atom stereocenters. The van der Waals surface area contributed by atoms with E-state index in [2.05, 4.69) is 154 Å². The second-order valence-electron chi connectivity index (χ2n) is 20.9. The van der Waals surface area contributed by atoms with Crippen molar-refractivity contribution < 1.29 is 28.6 Å². The number of unbranched alkanes of at least 4 members (excludes halogenated alkanes) is 24. The highest BCUT2D eigenvalue weighted by Crippen LogP contribution is 2.14. The molecule has 0 amide bonds. The van der Waals surface area contributed by atoms with Gasteiger partial charge in [-0.3, -0.25) is 14.4 Å². The number of hydrogen-bond donors (Lipinski definition) is 0. The van der Waals surface area contributed by atoms with Crippen molar-refractivity contribution >= 4 is 17.9 Å². The molecule has 78 heavy (non-hydrogen) atoms. The third-order valence-corrected chi connectivity index (χ3v) is 13.4. The molecule has 0 N–H and O–H groups in total. The van der Waals surface area contributed by atoms with Crippen LogP contribution >= 0.6 is 0 Å². The van der Waals surface area contributed by atoms with Gasteiger partial charge in [0.1, 0.15) is 13.2 Å². The van der Waals surface area contributed by atoms with Crippen molar-refractivity contribution in [2.45, 2.75) is 290 Å². The lowest BCUT2D eigenvalue weighted by atomic mass is 10.1. The van der Waals surface area contributed by atoms with E-state index in [4.69, 9.17) is 14.2 Å². The van der Waals surface area contributed by atoms with Crippen molar-refractivity contribution in [3.63, 3.8) is 0 Å². The lowest BCUT2D eigenvalue weighted by Crippen LogP contribution is -2.30. The predicted octanol–water partition coefficient (Wildman–Crippen LogP) is 22.2. The summed E-state index contributed by atoms with van der Waals surface area (Å²) in [6, 6.07) is 0. The highest BCUT2D eigenvalue weighted by atomic mass is 16.6. The summed E-state index contributed by atoms with van der Waals surface area (Å²) < 4.78 is 16.8. The Balaban J connectivity index is 4.25. The molecule has 0 aromatic carbocycles. The van der Waals surface area contributed by atoms with Crippen molar-refractivity contribution in [3.05, 3.63) is 134 Å². The average Bonchev–Trinajstić information content (AvgIpc) is 3.44. The fourth-order valence-electron chi connectivity index (χ4n) is 8.58. The van der Waals surface area contributed by atoms with Crippen LogP contribution in [0, 0.1) is 0 Å². The molecule has 0 saturated carbocycles. The Morgan fingerprint density at radius 2 is 0.500 bits per heavy atom. The van der Waals surface area contributed by atoms with Crippen LogP contribution in [0.5, 0.6) is 0 Å². The maximum atomic E-state index is 12.8. The summed E-state index contributed by atoms with van der Waals surface area (Å²) in [5, 5.41) is 0. The van der Waals surface area contributed by atoms with Crippen molar-refractivity contribution in [2.24, 2.45) is 0 Å². The van der Waals surface area contributed by atoms with Gasteiger partial charge in [-0.05, 0) is 122 Å². The van der Waals surface area contributed by atoms with E-state index in [1.807, 2.05) is 0 Å². The third kappa shape index (κ3) is 62.4. The minimum atomic E-state index is -0.794. The number of allylic oxidation sites excluding steroid dienone is 22. The second kappa shape index (κ2) is 65.1. The standard InChI is InChI=1S/C72H118O6/c1-4-7-10-13-16-19-21-23-25-27-28-29-30-31-32-33-34-35-36-37-38-39-40-41-42-43-44-45-47-48-50-53-56-59-62-65-71(74)77-68-69(67-76-70(73)64-61-58-55-52-18-15-12-9-6-3)78-72(75)66-63-60-57-54-51-49-46-26-24-22-20-17-14-11-8-5-2/h7,10,16,19,23,25-26,28-29,31-32,34-35,37-38,40-41,43-44,46-48,69H,4-6,8-9,11-15,17-18,20-22,24,27,30,33,36,39,42,45,49-68H2,1-3H3/b10-7-,19-16-,25-23-,29-28-,32-31-,35-34-,38-37-,41-40-,44-43-,46-26-,48-47-. The van der Waals surface area contributed by atoms with Crippen LogP contribution in [-0.4, -0.2) is 37.2 Å². The summed E-state index contributed by atoms with van der Waals surface area (Å²) in [4.78, 5) is 38.1. The quantitative estimate of drug-likeness (QED) is 0.0261. The molecule has 0 heterocycles. The lowest BCUT2D eigenvalue weighted by molar-refractivity contribution is -0.167. The molecule has 6 heteroatoms. The van der Waals surface area contributed by atoms with Gasteiger partial charge >= 0.3 is 17.9 Å². The van der Waals surface area contributed by atoms with Crippen molar-refractivity contribution in [2.75, 3.05) is 13.2 Å². The third-order valence-electron chi connectivity index (χ3n) is 13.4. The summed E-state index contributed by atoms with van der Waals surface area (Å²) in [6.45, 7) is 6.48. The molecule has 0 spiro atoms. The van der Waals surface area contributed by atoms with Crippen LogP contribution < -0.4 is 0 Å². The molecule has 0 aliphatic rings. The van der Waals surface area contributed by atoms with Crippen LogP contribution in [0.1, 0.15) is 284 Å². The number of hydrogen-bond acceptors (Lipinski definition) is 6. The number of rotatable bonds is 57. The Kier molecular flexibility index (Phi) is 61.4. The minimum absolute atomic E-state index is 0.0900. The van der Waals surface area contributed by atoms with E-state index in [0.29, 0.717) is 19.3 Å². The fourth-order valence-corrected chi connectivity index (χ4v) is 8.58. The Labute approximate surface area is 481 Å². The van der Waals surface area contributed by atoms with E-state index in [9.17, 15) is 14.4 Å². The highest BCUT2D eigenvalue weighted by molar-refractivity contribution is 5.71. The largest absolute Gasteiger partial charge is 0.462 e. The molecule has 0 aliphatic heterocycles. The van der Waals surface area contributed by atoms with Crippen LogP contribution in [-0.2, 0) is 28.6 Å². The zero-order valence-electron chi connectivity index (χ0n) is 50.6. The predicted molar refractivity (Wildman–Crippen MR) is 339 cm³/mol. The Hall–Kier alpha value is -4.45. The molecular formula is C72H118O6. The molecule has 6 nitrogen and oxygen atoms in total. The molecular weight excluding hydrogens is 961 g/mol. The topological polar surface area (TPSA) is 78.9 Å². The number of carbonyl (C=O) groups is 3. The Bertz CT molecular complexity index is 1670. The summed E-state index contributed by atoms with van der Waals surface area (Å²) in [6.07, 6.45) is 91.8. The highest BCUT2D eigenvalue weighted by Gasteiger charge is 2.19. The summed E-state index contributed by atoms with van der Waals surface area (Å²) in [7, 11) is 0. The maximum absolute atomic E-state index is 12.8. The zero-order chi connectivity index (χ0) is 56.4. The van der Waals surface area contributed by atoms with Crippen LogP contribution in [0.4, 0.5) is 0 Å². The van der Waals surface area contributed by atoms with E-state index in [1.165, 1.54) is 96.3 Å². The number of esters is 3. The SMILES string of the molecule is CC/C=C\C/C=C\C/C=C\C/C=C\C/C=C\C/C=C\C/C=C\C/C=C\C/C=C\C/C=C\CCCCCCC(=O)OCC(COC(=O)CCCCCCCCCCC)OC(=O)CCCCCCC/C=C\CCCCCCCCC. The Morgan fingerprint density at radius 1 is 0.269 bits per heavy atom. The van der Waals surface area contributed by atoms with E-state index in [-0.39, 0.29) is 31.1 Å². The maximum Gasteiger partial charge on any atom is 0.306 e. The van der Waals surface area contributed by atoms with Gasteiger partial charge in [0.05, 0.1) is 0 Å². The normalized spacial score (nSPS) is 13.0. The molecule has 0 saturated heterocycles. The summed E-state index contributed by atoms with van der Waals surface area (Å²) in [5.41, 5.74) is 0. The number of ether oxygens (including phenoxy) is 3. The molecule has 442 valence electrons. The minimum Gasteiger partial charge on any atom is -0.462 e. The van der Waals surface area contributed by atoms with Crippen molar-refractivity contribution in [3.8, 4) is 0 Å². The molecule has 0 aromatic rings. The van der Waals surface area contributed by atoms with Gasteiger partial charge in [0.2, 0.25) is 0 Å². The van der Waals surface area contributed by atoms with Gasteiger partial charge in [-0.25, -0.2) is 0 Å². The van der Waals surface area contributed by atoms with Crippen molar-refractivity contribution in [1.29, 1.82) is 0 Å². The first-order valence-corrected chi connectivity index (χ1v) is 32.2. The molecule has 0 bridgehead atoms. The zero-order valence-corrected chi connectivity index (χ0v) is 50.6. The second-order valence-corrected chi connectivity index (χ2v) is 20.9. The summed E-state index contributed by atoms with van der Waals surface area (Å²) in [5.74, 6) is -0.926. The fraction of sp³-hybridized carbons (Fsp3) is 0.653. The van der Waals surface area contributed by atoms with E-state index in [0.717, 1.165) is 148 Å². The van der Waals surface area contributed by atoms with Crippen LogP contribution in [0.25, 0.3) is 0 Å². The van der Waals surface area contributed by atoms with Crippen LogP contribution in [0.2, 0.25) is 0 Å². The van der Waals surface area contributed by atoms with Crippen LogP contribution in [0.15, 0.2) is 134 Å². The number of carbonyl (C=O) groups excluding carboxylic acids is 3. The molecule has 0 aliphatic carbocycles. The summed E-state index contributed by atoms with van der Waals surface area (Å²) >= 11 is 0. The molecule has 0 fully saturated rings. The van der Waals surface area contributed by atoms with E-state index < -0.39 is 6.10 Å². The van der Waals surface area contributed by atoms with Crippen LogP contribution in [0.3, 0.4) is 0 Å².